The van der Waals surface area contributed by atoms with Crippen LogP contribution in [-0.2, 0) is 0 Å². The van der Waals surface area contributed by atoms with Gasteiger partial charge in [0.15, 0.2) is 0 Å². The zero-order valence-electron chi connectivity index (χ0n) is 13.9. The van der Waals surface area contributed by atoms with Crippen molar-refractivity contribution in [3.05, 3.63) is 46.4 Å². The average molecular weight is 379 g/mol. The second-order valence-corrected chi connectivity index (χ2v) is 6.67. The van der Waals surface area contributed by atoms with Crippen molar-refractivity contribution < 1.29 is 14.6 Å². The zero-order chi connectivity index (χ0) is 18.7. The molecule has 0 unspecified atom stereocenters. The van der Waals surface area contributed by atoms with Crippen molar-refractivity contribution in [2.45, 2.75) is 25.0 Å². The number of rotatable bonds is 5. The van der Waals surface area contributed by atoms with Crippen LogP contribution in [0.4, 0.5) is 16.2 Å². The van der Waals surface area contributed by atoms with Gasteiger partial charge in [0.05, 0.1) is 11.7 Å². The summed E-state index contributed by atoms with van der Waals surface area (Å²) in [6, 6.07) is 6.27. The Bertz CT molecular complexity index is 818. The first-order chi connectivity index (χ1) is 12.5. The van der Waals surface area contributed by atoms with Gasteiger partial charge in [0.25, 0.3) is 0 Å². The second kappa shape index (κ2) is 7.99. The van der Waals surface area contributed by atoms with Crippen molar-refractivity contribution in [3.8, 4) is 0 Å². The molecule has 0 amide bonds. The summed E-state index contributed by atoms with van der Waals surface area (Å²) >= 11 is 6.21. The fraction of sp³-hybridized carbons (Fsp3) is 0.333. The normalized spacial score (nSPS) is 22.8. The summed E-state index contributed by atoms with van der Waals surface area (Å²) in [5, 5.41) is 22.6. The van der Waals surface area contributed by atoms with Crippen LogP contribution >= 0.6 is 11.6 Å². The minimum Gasteiger partial charge on any atom is -0.396 e. The van der Waals surface area contributed by atoms with Gasteiger partial charge >= 0.3 is 0 Å². The summed E-state index contributed by atoms with van der Waals surface area (Å²) in [4.78, 5) is 8.14. The Balaban J connectivity index is 1.87. The van der Waals surface area contributed by atoms with E-state index < -0.39 is 6.10 Å². The van der Waals surface area contributed by atoms with Crippen LogP contribution < -0.4 is 11.1 Å². The molecule has 1 heterocycles. The molecule has 1 aliphatic carbocycles. The van der Waals surface area contributed by atoms with E-state index in [0.717, 1.165) is 0 Å². The minimum absolute atomic E-state index is 0.0118. The number of nitrogens with one attached hydrogen (secondary N) is 1. The Labute approximate surface area is 155 Å². The molecule has 2 aromatic rings. The van der Waals surface area contributed by atoms with Crippen LogP contribution in [0.3, 0.4) is 0 Å². The number of anilines is 2. The van der Waals surface area contributed by atoms with E-state index in [4.69, 9.17) is 17.3 Å². The Morgan fingerprint density at radius 2 is 2.04 bits per heavy atom. The maximum Gasteiger partial charge on any atom is 0.223 e. The molecule has 138 valence electrons. The molecule has 0 radical (unpaired) electrons. The number of aliphatic hydroxyl groups is 2. The maximum absolute atomic E-state index is 13.8. The SMILES string of the molecule is Nc1nc(Cl)c(C=Cc2ccccc2F)c(N[C@@H]2C[C@H](CO)[C@@H](O)C2)n1. The van der Waals surface area contributed by atoms with Gasteiger partial charge in [-0.1, -0.05) is 35.9 Å². The summed E-state index contributed by atoms with van der Waals surface area (Å²) in [7, 11) is 0. The van der Waals surface area contributed by atoms with E-state index in [1.54, 1.807) is 30.4 Å². The summed E-state index contributed by atoms with van der Waals surface area (Å²) < 4.78 is 13.8. The molecule has 6 nitrogen and oxygen atoms in total. The van der Waals surface area contributed by atoms with Gasteiger partial charge < -0.3 is 21.3 Å². The molecule has 1 aromatic carbocycles. The first-order valence-corrected chi connectivity index (χ1v) is 8.66. The van der Waals surface area contributed by atoms with Crippen LogP contribution in [0.2, 0.25) is 5.15 Å². The molecule has 0 spiro atoms. The number of hydrogen-bond donors (Lipinski definition) is 4. The van der Waals surface area contributed by atoms with E-state index in [-0.39, 0.29) is 35.5 Å². The molecular weight excluding hydrogens is 359 g/mol. The Morgan fingerprint density at radius 3 is 2.73 bits per heavy atom. The van der Waals surface area contributed by atoms with Gasteiger partial charge in [-0.2, -0.15) is 4.98 Å². The zero-order valence-corrected chi connectivity index (χ0v) is 14.7. The lowest BCUT2D eigenvalue weighted by Gasteiger charge is -2.16. The van der Waals surface area contributed by atoms with Gasteiger partial charge in [0.1, 0.15) is 16.8 Å². The Hall–Kier alpha value is -2.22. The number of aromatic nitrogens is 2. The molecule has 3 atom stereocenters. The van der Waals surface area contributed by atoms with Crippen LogP contribution in [0.1, 0.15) is 24.0 Å². The molecule has 1 aliphatic rings. The third kappa shape index (κ3) is 4.12. The van der Waals surface area contributed by atoms with Crippen molar-refractivity contribution in [1.82, 2.24) is 9.97 Å². The fourth-order valence-electron chi connectivity index (χ4n) is 3.11. The molecule has 3 rings (SSSR count). The Morgan fingerprint density at radius 1 is 1.27 bits per heavy atom. The maximum atomic E-state index is 13.8. The molecular formula is C18H20ClFN4O2. The highest BCUT2D eigenvalue weighted by molar-refractivity contribution is 6.31. The van der Waals surface area contributed by atoms with Gasteiger partial charge in [-0.15, -0.1) is 0 Å². The Kier molecular flexibility index (Phi) is 5.70. The van der Waals surface area contributed by atoms with Crippen molar-refractivity contribution in [2.24, 2.45) is 5.92 Å². The van der Waals surface area contributed by atoms with E-state index >= 15 is 0 Å². The van der Waals surface area contributed by atoms with Crippen LogP contribution in [0.25, 0.3) is 12.2 Å². The van der Waals surface area contributed by atoms with Gasteiger partial charge in [-0.05, 0) is 25.0 Å². The number of nitrogens with two attached hydrogens (primary N) is 1. The standard InChI is InChI=1S/C18H20ClFN4O2/c19-16-13(6-5-10-3-1-2-4-14(10)20)17(24-18(21)23-16)22-12-7-11(9-25)15(26)8-12/h1-6,11-12,15,25-26H,7-9H2,(H3,21,22,23,24)/t11-,12-,15+/m1/s1. The summed E-state index contributed by atoms with van der Waals surface area (Å²) in [5.41, 5.74) is 6.58. The topological polar surface area (TPSA) is 104 Å². The smallest absolute Gasteiger partial charge is 0.223 e. The van der Waals surface area contributed by atoms with Gasteiger partial charge in [-0.3, -0.25) is 0 Å². The van der Waals surface area contributed by atoms with E-state index in [9.17, 15) is 14.6 Å². The van der Waals surface area contributed by atoms with Crippen molar-refractivity contribution in [1.29, 1.82) is 0 Å². The molecule has 0 saturated heterocycles. The van der Waals surface area contributed by atoms with Crippen molar-refractivity contribution >= 4 is 35.5 Å². The van der Waals surface area contributed by atoms with Gasteiger partial charge in [0.2, 0.25) is 5.95 Å². The lowest BCUT2D eigenvalue weighted by Crippen LogP contribution is -2.19. The van der Waals surface area contributed by atoms with E-state index in [0.29, 0.717) is 29.8 Å². The highest BCUT2D eigenvalue weighted by atomic mass is 35.5. The molecule has 1 saturated carbocycles. The van der Waals surface area contributed by atoms with Gasteiger partial charge in [0, 0.05) is 24.1 Å². The lowest BCUT2D eigenvalue weighted by atomic mass is 10.1. The third-order valence-corrected chi connectivity index (χ3v) is 4.77. The van der Waals surface area contributed by atoms with Gasteiger partial charge in [-0.25, -0.2) is 9.37 Å². The van der Waals surface area contributed by atoms with Crippen molar-refractivity contribution in [2.75, 3.05) is 17.7 Å². The van der Waals surface area contributed by atoms with Crippen LogP contribution in [0.5, 0.6) is 0 Å². The number of benzene rings is 1. The monoisotopic (exact) mass is 378 g/mol. The van der Waals surface area contributed by atoms with E-state index in [2.05, 4.69) is 15.3 Å². The minimum atomic E-state index is -0.579. The molecule has 0 aliphatic heterocycles. The van der Waals surface area contributed by atoms with Crippen LogP contribution in [-0.4, -0.2) is 38.9 Å². The van der Waals surface area contributed by atoms with Crippen LogP contribution in [0, 0.1) is 11.7 Å². The molecule has 26 heavy (non-hydrogen) atoms. The largest absolute Gasteiger partial charge is 0.396 e. The fourth-order valence-corrected chi connectivity index (χ4v) is 3.35. The average Bonchev–Trinajstić information content (AvgIpc) is 2.95. The molecule has 8 heteroatoms. The molecule has 5 N–H and O–H groups in total. The number of hydrogen-bond acceptors (Lipinski definition) is 6. The lowest BCUT2D eigenvalue weighted by molar-refractivity contribution is 0.0908. The predicted molar refractivity (Wildman–Crippen MR) is 100 cm³/mol. The predicted octanol–water partition coefficient (Wildman–Crippen LogP) is 2.57. The molecule has 0 bridgehead atoms. The number of halogens is 2. The highest BCUT2D eigenvalue weighted by Crippen LogP contribution is 2.31. The van der Waals surface area contributed by atoms with E-state index in [1.165, 1.54) is 6.07 Å². The van der Waals surface area contributed by atoms with Crippen LogP contribution in [0.15, 0.2) is 24.3 Å². The second-order valence-electron chi connectivity index (χ2n) is 6.31. The quantitative estimate of drug-likeness (QED) is 0.596. The number of aliphatic hydroxyl groups excluding tert-OH is 2. The summed E-state index contributed by atoms with van der Waals surface area (Å²) in [5.74, 6) is -0.112. The molecule has 1 aromatic heterocycles. The van der Waals surface area contributed by atoms with Crippen molar-refractivity contribution in [3.63, 3.8) is 0 Å². The molecule has 1 fully saturated rings. The highest BCUT2D eigenvalue weighted by Gasteiger charge is 2.33. The summed E-state index contributed by atoms with van der Waals surface area (Å²) in [6.45, 7) is -0.0773. The first-order valence-electron chi connectivity index (χ1n) is 8.29. The summed E-state index contributed by atoms with van der Waals surface area (Å²) in [6.07, 6.45) is 3.70. The third-order valence-electron chi connectivity index (χ3n) is 4.48. The van der Waals surface area contributed by atoms with E-state index in [1.807, 2.05) is 0 Å². The number of nitrogen functional groups attached to an aromatic ring is 1. The number of nitrogens with zero attached hydrogens (tertiary/aromatic N) is 2. The first kappa shape index (κ1) is 18.6.